The number of hydrogen-bond donors (Lipinski definition) is 1. The highest BCUT2D eigenvalue weighted by Gasteiger charge is 2.39. The molecule has 174 valence electrons. The lowest BCUT2D eigenvalue weighted by Crippen LogP contribution is -2.35. The van der Waals surface area contributed by atoms with Gasteiger partial charge in [-0.1, -0.05) is 25.1 Å². The van der Waals surface area contributed by atoms with Crippen LogP contribution in [-0.4, -0.2) is 47.3 Å². The van der Waals surface area contributed by atoms with E-state index >= 15 is 0 Å². The fourth-order valence-electron chi connectivity index (χ4n) is 3.25. The first-order chi connectivity index (χ1) is 16.3. The van der Waals surface area contributed by atoms with Gasteiger partial charge in [0.1, 0.15) is 12.4 Å². The van der Waals surface area contributed by atoms with Gasteiger partial charge in [-0.2, -0.15) is 10.0 Å². The summed E-state index contributed by atoms with van der Waals surface area (Å²) in [4.78, 5) is 16.4. The summed E-state index contributed by atoms with van der Waals surface area (Å²) >= 11 is 0.772. The molecule has 34 heavy (non-hydrogen) atoms. The number of nitrogens with one attached hydrogen (secondary N) is 1. The van der Waals surface area contributed by atoms with E-state index in [0.717, 1.165) is 22.3 Å². The Hall–Kier alpha value is -3.64. The molecule has 10 nitrogen and oxygen atoms in total. The second kappa shape index (κ2) is 8.61. The zero-order valence-corrected chi connectivity index (χ0v) is 19.5. The molecular weight excluding hydrogens is 480 g/mol. The maximum atomic E-state index is 12.5. The number of hydrogen-bond acceptors (Lipinski definition) is 9. The van der Waals surface area contributed by atoms with Crippen molar-refractivity contribution in [3.63, 3.8) is 0 Å². The molecule has 5 rings (SSSR count). The number of aliphatic imine (C=N–C) groups is 1. The molecule has 0 atom stereocenters. The van der Waals surface area contributed by atoms with Crippen molar-refractivity contribution >= 4 is 49.0 Å². The molecule has 0 bridgehead atoms. The predicted molar refractivity (Wildman–Crippen MR) is 128 cm³/mol. The van der Waals surface area contributed by atoms with Crippen molar-refractivity contribution in [2.45, 2.75) is 13.5 Å². The van der Waals surface area contributed by atoms with E-state index in [0.29, 0.717) is 29.4 Å². The molecule has 0 unspecified atom stereocenters. The fraction of sp³-hybridized carbons (Fsp3) is 0.182. The number of carbonyl (C=O) groups is 1. The van der Waals surface area contributed by atoms with Crippen molar-refractivity contribution in [1.29, 1.82) is 5.41 Å². The first-order valence-electron chi connectivity index (χ1n) is 10.2. The topological polar surface area (TPSA) is 131 Å². The summed E-state index contributed by atoms with van der Waals surface area (Å²) in [5, 5.41) is 13.5. The van der Waals surface area contributed by atoms with Crippen LogP contribution >= 0.6 is 11.8 Å². The highest BCUT2D eigenvalue weighted by atomic mass is 32.3. The number of fused-ring (bicyclic) bond motifs is 2. The van der Waals surface area contributed by atoms with Crippen LogP contribution < -0.4 is 14.2 Å². The predicted octanol–water partition coefficient (Wildman–Crippen LogP) is 3.01. The van der Waals surface area contributed by atoms with Crippen LogP contribution in [0.5, 0.6) is 17.2 Å². The first-order valence-corrected chi connectivity index (χ1v) is 12.7. The van der Waals surface area contributed by atoms with E-state index in [1.807, 2.05) is 18.2 Å². The minimum Gasteiger partial charge on any atom is -0.489 e. The monoisotopic (exact) mass is 498 g/mol. The molecule has 2 aromatic carbocycles. The van der Waals surface area contributed by atoms with Gasteiger partial charge in [0.15, 0.2) is 17.3 Å². The van der Waals surface area contributed by atoms with Gasteiger partial charge in [-0.05, 0) is 53.2 Å². The van der Waals surface area contributed by atoms with Crippen molar-refractivity contribution in [3.05, 3.63) is 59.2 Å². The normalized spacial score (nSPS) is 18.1. The SMILES string of the molecule is CCS(=O)(=O)C1=NN2C(=N)/C(=C\c3ccc(OCc4ccc5c(c4)OCO5)cc3)C(=O)N=C2S1. The van der Waals surface area contributed by atoms with E-state index in [2.05, 4.69) is 10.1 Å². The Morgan fingerprint density at radius 2 is 1.94 bits per heavy atom. The summed E-state index contributed by atoms with van der Waals surface area (Å²) in [7, 11) is -3.57. The molecule has 0 saturated carbocycles. The molecule has 0 saturated heterocycles. The van der Waals surface area contributed by atoms with E-state index in [9.17, 15) is 13.2 Å². The molecular formula is C22H18N4O6S2. The van der Waals surface area contributed by atoms with E-state index in [1.54, 1.807) is 24.3 Å². The van der Waals surface area contributed by atoms with Crippen molar-refractivity contribution in [1.82, 2.24) is 5.01 Å². The average molecular weight is 499 g/mol. The summed E-state index contributed by atoms with van der Waals surface area (Å²) in [6.07, 6.45) is 1.51. The molecule has 1 N–H and O–H groups in total. The average Bonchev–Trinajstić information content (AvgIpc) is 3.48. The number of nitrogens with zero attached hydrogens (tertiary/aromatic N) is 3. The summed E-state index contributed by atoms with van der Waals surface area (Å²) in [6, 6.07) is 12.6. The molecule has 0 spiro atoms. The van der Waals surface area contributed by atoms with Gasteiger partial charge in [0.25, 0.3) is 5.91 Å². The lowest BCUT2D eigenvalue weighted by molar-refractivity contribution is -0.114. The van der Waals surface area contributed by atoms with Crippen LogP contribution in [0.4, 0.5) is 0 Å². The van der Waals surface area contributed by atoms with Crippen molar-refractivity contribution < 1.29 is 27.4 Å². The van der Waals surface area contributed by atoms with Crippen molar-refractivity contribution in [2.24, 2.45) is 10.1 Å². The zero-order chi connectivity index (χ0) is 23.9. The number of carbonyl (C=O) groups excluding carboxylic acids is 1. The largest absolute Gasteiger partial charge is 0.489 e. The van der Waals surface area contributed by atoms with Gasteiger partial charge in [0.2, 0.25) is 26.2 Å². The maximum Gasteiger partial charge on any atom is 0.283 e. The Balaban J connectivity index is 1.29. The van der Waals surface area contributed by atoms with Crippen LogP contribution in [0.15, 0.2) is 58.1 Å². The van der Waals surface area contributed by atoms with Crippen LogP contribution in [0.2, 0.25) is 0 Å². The van der Waals surface area contributed by atoms with E-state index < -0.39 is 15.7 Å². The minimum absolute atomic E-state index is 0.0114. The lowest BCUT2D eigenvalue weighted by atomic mass is 10.1. The maximum absolute atomic E-state index is 12.5. The van der Waals surface area contributed by atoms with Crippen LogP contribution in [0, 0.1) is 5.41 Å². The summed E-state index contributed by atoms with van der Waals surface area (Å²) < 4.78 is 40.5. The summed E-state index contributed by atoms with van der Waals surface area (Å²) in [6.45, 7) is 2.05. The molecule has 0 fully saturated rings. The van der Waals surface area contributed by atoms with Gasteiger partial charge >= 0.3 is 0 Å². The molecule has 0 aliphatic carbocycles. The van der Waals surface area contributed by atoms with Crippen LogP contribution in [0.25, 0.3) is 6.08 Å². The molecule has 3 heterocycles. The Labute approximate surface area is 199 Å². The minimum atomic E-state index is -3.57. The highest BCUT2D eigenvalue weighted by molar-refractivity contribution is 8.42. The van der Waals surface area contributed by atoms with E-state index in [1.165, 1.54) is 13.0 Å². The van der Waals surface area contributed by atoms with Crippen LogP contribution in [0.1, 0.15) is 18.1 Å². The third-order valence-electron chi connectivity index (χ3n) is 5.12. The van der Waals surface area contributed by atoms with Gasteiger partial charge in [-0.15, -0.1) is 5.10 Å². The summed E-state index contributed by atoms with van der Waals surface area (Å²) in [5.74, 6) is 1.03. The number of thioether (sulfide) groups is 1. The molecule has 1 amide bonds. The van der Waals surface area contributed by atoms with Gasteiger partial charge in [-0.25, -0.2) is 8.42 Å². The second-order valence-electron chi connectivity index (χ2n) is 7.33. The standard InChI is InChI=1S/C22H18N4O6S2/c1-2-34(28,29)22-25-26-19(23)16(20(27)24-21(26)33-22)9-13-3-6-15(7-4-13)30-11-14-5-8-17-18(10-14)32-12-31-17/h3-10,23H,2,11-12H2,1H3/b16-9+,23-19?. The third kappa shape index (κ3) is 4.17. The Bertz CT molecular complexity index is 1400. The van der Waals surface area contributed by atoms with E-state index in [4.69, 9.17) is 19.6 Å². The van der Waals surface area contributed by atoms with Crippen molar-refractivity contribution in [3.8, 4) is 17.2 Å². The first kappa shape index (κ1) is 22.2. The molecule has 0 aromatic heterocycles. The second-order valence-corrected chi connectivity index (χ2v) is 10.7. The smallest absolute Gasteiger partial charge is 0.283 e. The van der Waals surface area contributed by atoms with Crippen LogP contribution in [-0.2, 0) is 21.2 Å². The van der Waals surface area contributed by atoms with Gasteiger partial charge < -0.3 is 14.2 Å². The zero-order valence-electron chi connectivity index (χ0n) is 17.8. The molecule has 3 aliphatic rings. The van der Waals surface area contributed by atoms with Crippen LogP contribution in [0.3, 0.4) is 0 Å². The summed E-state index contributed by atoms with van der Waals surface area (Å²) in [5.41, 5.74) is 1.59. The Morgan fingerprint density at radius 3 is 2.71 bits per heavy atom. The third-order valence-corrected chi connectivity index (χ3v) is 8.20. The molecule has 2 aromatic rings. The van der Waals surface area contributed by atoms with Gasteiger partial charge in [0.05, 0.1) is 11.3 Å². The van der Waals surface area contributed by atoms with Gasteiger partial charge in [-0.3, -0.25) is 10.2 Å². The number of amides is 1. The Morgan fingerprint density at radius 1 is 1.18 bits per heavy atom. The van der Waals surface area contributed by atoms with E-state index in [-0.39, 0.29) is 33.5 Å². The lowest BCUT2D eigenvalue weighted by Gasteiger charge is -2.20. The Kier molecular flexibility index (Phi) is 5.62. The molecule has 3 aliphatic heterocycles. The molecule has 0 radical (unpaired) electrons. The number of rotatable bonds is 5. The number of amidine groups is 2. The highest BCUT2D eigenvalue weighted by Crippen LogP contribution is 2.33. The number of sulfone groups is 1. The number of benzene rings is 2. The fourth-order valence-corrected chi connectivity index (χ4v) is 5.41. The number of hydrazone groups is 1. The number of ether oxygens (including phenoxy) is 3. The van der Waals surface area contributed by atoms with Gasteiger partial charge in [0, 0.05) is 0 Å². The van der Waals surface area contributed by atoms with Crippen molar-refractivity contribution in [2.75, 3.05) is 12.5 Å². The quantitative estimate of drug-likeness (QED) is 0.623. The molecule has 12 heteroatoms.